The lowest BCUT2D eigenvalue weighted by Gasteiger charge is -2.39. The molecule has 2 saturated heterocycles. The molecule has 3 heterocycles. The van der Waals surface area contributed by atoms with E-state index in [1.807, 2.05) is 17.0 Å². The Balaban J connectivity index is 1.58. The molecule has 6 nitrogen and oxygen atoms in total. The first-order valence-corrected chi connectivity index (χ1v) is 8.74. The Morgan fingerprint density at radius 1 is 1.38 bits per heavy atom. The molecule has 6 heteroatoms. The highest BCUT2D eigenvalue weighted by atomic mass is 16.5. The summed E-state index contributed by atoms with van der Waals surface area (Å²) >= 11 is 0. The number of amides is 1. The molecule has 0 radical (unpaired) electrons. The molecule has 2 aliphatic heterocycles. The van der Waals surface area contributed by atoms with Gasteiger partial charge < -0.3 is 14.5 Å². The molecule has 2 fully saturated rings. The zero-order valence-electron chi connectivity index (χ0n) is 14.1. The number of carbonyl (C=O) groups excluding carboxylic acids is 1. The van der Waals surface area contributed by atoms with Gasteiger partial charge in [-0.05, 0) is 31.4 Å². The minimum atomic E-state index is 0.0203. The van der Waals surface area contributed by atoms with Gasteiger partial charge in [-0.3, -0.25) is 4.79 Å². The standard InChI is InChI=1S/C18H24N4O2/c1-2-17-16(4-3-11-24-17)18(23)22-9-7-21(8-10-22)15-6-5-14(12-19)20-13-15/h5-6,13,16-17H,2-4,7-11H2,1H3/t16-,17-/m0/s1. The fourth-order valence-corrected chi connectivity index (χ4v) is 3.58. The first-order valence-electron chi connectivity index (χ1n) is 8.74. The molecular formula is C18H24N4O2. The van der Waals surface area contributed by atoms with Crippen molar-refractivity contribution in [3.8, 4) is 6.07 Å². The molecule has 0 spiro atoms. The number of piperazine rings is 1. The van der Waals surface area contributed by atoms with Gasteiger partial charge in [-0.25, -0.2) is 4.98 Å². The Kier molecular flexibility index (Phi) is 5.31. The Morgan fingerprint density at radius 3 is 2.79 bits per heavy atom. The van der Waals surface area contributed by atoms with E-state index in [1.165, 1.54) is 0 Å². The number of rotatable bonds is 3. The number of anilines is 1. The van der Waals surface area contributed by atoms with E-state index in [2.05, 4.69) is 16.8 Å². The average Bonchev–Trinajstić information content (AvgIpc) is 2.67. The molecular weight excluding hydrogens is 304 g/mol. The summed E-state index contributed by atoms with van der Waals surface area (Å²) in [4.78, 5) is 21.1. The van der Waals surface area contributed by atoms with Gasteiger partial charge >= 0.3 is 0 Å². The molecule has 2 aliphatic rings. The van der Waals surface area contributed by atoms with Crippen molar-refractivity contribution in [2.45, 2.75) is 32.3 Å². The van der Waals surface area contributed by atoms with Crippen LogP contribution in [0.5, 0.6) is 0 Å². The van der Waals surface area contributed by atoms with Crippen LogP contribution >= 0.6 is 0 Å². The summed E-state index contributed by atoms with van der Waals surface area (Å²) in [5.41, 5.74) is 1.43. The SMILES string of the molecule is CC[C@@H]1OCCC[C@@H]1C(=O)N1CCN(c2ccc(C#N)nc2)CC1. The zero-order valence-corrected chi connectivity index (χ0v) is 14.1. The van der Waals surface area contributed by atoms with Crippen LogP contribution in [-0.4, -0.2) is 54.7 Å². The molecule has 0 bridgehead atoms. The highest BCUT2D eigenvalue weighted by molar-refractivity contribution is 5.80. The van der Waals surface area contributed by atoms with Crippen LogP contribution in [0.1, 0.15) is 31.9 Å². The lowest BCUT2D eigenvalue weighted by Crippen LogP contribution is -2.52. The normalized spacial score (nSPS) is 24.5. The van der Waals surface area contributed by atoms with Gasteiger partial charge in [0, 0.05) is 32.8 Å². The van der Waals surface area contributed by atoms with Crippen LogP contribution in [0.4, 0.5) is 5.69 Å². The lowest BCUT2D eigenvalue weighted by molar-refractivity contribution is -0.145. The van der Waals surface area contributed by atoms with E-state index in [4.69, 9.17) is 10.00 Å². The maximum Gasteiger partial charge on any atom is 0.228 e. The predicted octanol–water partition coefficient (Wildman–Crippen LogP) is 1.81. The summed E-state index contributed by atoms with van der Waals surface area (Å²) in [6.45, 7) is 5.92. The van der Waals surface area contributed by atoms with Gasteiger partial charge in [-0.15, -0.1) is 0 Å². The zero-order chi connectivity index (χ0) is 16.9. The third-order valence-corrected chi connectivity index (χ3v) is 4.98. The summed E-state index contributed by atoms with van der Waals surface area (Å²) in [6.07, 6.45) is 4.62. The topological polar surface area (TPSA) is 69.5 Å². The quantitative estimate of drug-likeness (QED) is 0.846. The maximum atomic E-state index is 12.8. The molecule has 2 atom stereocenters. The second-order valence-electron chi connectivity index (χ2n) is 6.39. The number of pyridine rings is 1. The summed E-state index contributed by atoms with van der Waals surface area (Å²) in [6, 6.07) is 5.69. The van der Waals surface area contributed by atoms with Crippen molar-refractivity contribution in [2.24, 2.45) is 5.92 Å². The van der Waals surface area contributed by atoms with E-state index >= 15 is 0 Å². The highest BCUT2D eigenvalue weighted by Crippen LogP contribution is 2.26. The van der Waals surface area contributed by atoms with E-state index < -0.39 is 0 Å². The second-order valence-corrected chi connectivity index (χ2v) is 6.39. The number of nitrogens with zero attached hydrogens (tertiary/aromatic N) is 4. The number of aromatic nitrogens is 1. The number of nitriles is 1. The van der Waals surface area contributed by atoms with Gasteiger partial charge in [-0.2, -0.15) is 5.26 Å². The van der Waals surface area contributed by atoms with E-state index in [0.29, 0.717) is 5.69 Å². The molecule has 3 rings (SSSR count). The van der Waals surface area contributed by atoms with Crippen molar-refractivity contribution in [2.75, 3.05) is 37.7 Å². The third-order valence-electron chi connectivity index (χ3n) is 4.98. The largest absolute Gasteiger partial charge is 0.377 e. The van der Waals surface area contributed by atoms with Crippen LogP contribution in [0.25, 0.3) is 0 Å². The third kappa shape index (κ3) is 3.51. The van der Waals surface area contributed by atoms with Gasteiger partial charge in [0.05, 0.1) is 23.9 Å². The number of hydrogen-bond acceptors (Lipinski definition) is 5. The Bertz CT molecular complexity index is 602. The summed E-state index contributed by atoms with van der Waals surface area (Å²) < 4.78 is 5.77. The molecule has 0 aliphatic carbocycles. The Morgan fingerprint density at radius 2 is 2.17 bits per heavy atom. The molecule has 128 valence electrons. The van der Waals surface area contributed by atoms with Crippen molar-refractivity contribution < 1.29 is 9.53 Å². The van der Waals surface area contributed by atoms with E-state index in [0.717, 1.165) is 57.7 Å². The Labute approximate surface area is 143 Å². The van der Waals surface area contributed by atoms with Crippen molar-refractivity contribution in [3.63, 3.8) is 0 Å². The van der Waals surface area contributed by atoms with Gasteiger partial charge in [0.15, 0.2) is 0 Å². The van der Waals surface area contributed by atoms with Crippen LogP contribution in [0.2, 0.25) is 0 Å². The van der Waals surface area contributed by atoms with Crippen molar-refractivity contribution in [1.82, 2.24) is 9.88 Å². The molecule has 0 aromatic carbocycles. The average molecular weight is 328 g/mol. The minimum Gasteiger partial charge on any atom is -0.377 e. The Hall–Kier alpha value is -2.13. The summed E-state index contributed by atoms with van der Waals surface area (Å²) in [5, 5.41) is 8.82. The highest BCUT2D eigenvalue weighted by Gasteiger charge is 2.34. The molecule has 24 heavy (non-hydrogen) atoms. The summed E-state index contributed by atoms with van der Waals surface area (Å²) in [7, 11) is 0. The summed E-state index contributed by atoms with van der Waals surface area (Å²) in [5.74, 6) is 0.269. The molecule has 0 saturated carbocycles. The van der Waals surface area contributed by atoms with Crippen molar-refractivity contribution >= 4 is 11.6 Å². The van der Waals surface area contributed by atoms with Crippen LogP contribution in [0, 0.1) is 17.2 Å². The minimum absolute atomic E-state index is 0.0203. The predicted molar refractivity (Wildman–Crippen MR) is 90.5 cm³/mol. The van der Waals surface area contributed by atoms with Gasteiger partial charge in [0.2, 0.25) is 5.91 Å². The van der Waals surface area contributed by atoms with Crippen LogP contribution in [0.15, 0.2) is 18.3 Å². The fraction of sp³-hybridized carbons (Fsp3) is 0.611. The lowest BCUT2D eigenvalue weighted by atomic mass is 9.91. The monoisotopic (exact) mass is 328 g/mol. The van der Waals surface area contributed by atoms with Crippen molar-refractivity contribution in [1.29, 1.82) is 5.26 Å². The number of ether oxygens (including phenoxy) is 1. The van der Waals surface area contributed by atoms with Crippen LogP contribution in [-0.2, 0) is 9.53 Å². The second kappa shape index (κ2) is 7.63. The molecule has 0 N–H and O–H groups in total. The first kappa shape index (κ1) is 16.7. The first-order chi connectivity index (χ1) is 11.7. The van der Waals surface area contributed by atoms with Gasteiger partial charge in [-0.1, -0.05) is 6.92 Å². The van der Waals surface area contributed by atoms with Crippen LogP contribution < -0.4 is 4.90 Å². The molecule has 1 aromatic rings. The van der Waals surface area contributed by atoms with Crippen molar-refractivity contribution in [3.05, 3.63) is 24.0 Å². The van der Waals surface area contributed by atoms with E-state index in [9.17, 15) is 4.79 Å². The van der Waals surface area contributed by atoms with Gasteiger partial charge in [0.1, 0.15) is 11.8 Å². The van der Waals surface area contributed by atoms with E-state index in [-0.39, 0.29) is 17.9 Å². The van der Waals surface area contributed by atoms with E-state index in [1.54, 1.807) is 12.3 Å². The smallest absolute Gasteiger partial charge is 0.228 e. The molecule has 0 unspecified atom stereocenters. The number of carbonyl (C=O) groups is 1. The fourth-order valence-electron chi connectivity index (χ4n) is 3.58. The number of hydrogen-bond donors (Lipinski definition) is 0. The molecule has 1 amide bonds. The maximum absolute atomic E-state index is 12.8. The molecule has 1 aromatic heterocycles. The van der Waals surface area contributed by atoms with Crippen LogP contribution in [0.3, 0.4) is 0 Å². The van der Waals surface area contributed by atoms with Gasteiger partial charge in [0.25, 0.3) is 0 Å².